The summed E-state index contributed by atoms with van der Waals surface area (Å²) in [5.41, 5.74) is 0. The molecule has 0 aromatic rings. The van der Waals surface area contributed by atoms with Crippen molar-refractivity contribution in [3.8, 4) is 0 Å². The van der Waals surface area contributed by atoms with Crippen molar-refractivity contribution in [1.29, 1.82) is 0 Å². The Kier molecular flexibility index (Phi) is 2.55. The maximum Gasteiger partial charge on any atom is 0.127 e. The molecule has 3 atom stereocenters. The minimum absolute atomic E-state index is 0.286. The van der Waals surface area contributed by atoms with Crippen molar-refractivity contribution in [3.63, 3.8) is 0 Å². The number of fused-ring (bicyclic) bond motifs is 1. The molecular weight excluding hydrogens is 207 g/mol. The van der Waals surface area contributed by atoms with Gasteiger partial charge in [-0.05, 0) is 26.7 Å². The van der Waals surface area contributed by atoms with Crippen LogP contribution in [0.15, 0.2) is 0 Å². The van der Waals surface area contributed by atoms with Crippen molar-refractivity contribution in [2.45, 2.75) is 49.7 Å². The predicted molar refractivity (Wildman–Crippen MR) is 55.3 cm³/mol. The first-order valence-corrected chi connectivity index (χ1v) is 5.82. The number of rotatable bonds is 2. The zero-order chi connectivity index (χ0) is 9.64. The Morgan fingerprint density at radius 3 is 2.62 bits per heavy atom. The van der Waals surface area contributed by atoms with Crippen LogP contribution in [0.25, 0.3) is 0 Å². The first kappa shape index (κ1) is 10.1. The Bertz CT molecular complexity index is 203. The van der Waals surface area contributed by atoms with E-state index in [1.165, 1.54) is 12.8 Å². The standard InChI is InChI=1S/C10H16Cl2O/c1-6(2)13-8-5-3-4-7-9(8)10(7,11)12/h6-9H,3-5H2,1-2H3/t7-,8-,9-/m1/s1. The molecule has 0 radical (unpaired) electrons. The first-order chi connectivity index (χ1) is 6.03. The van der Waals surface area contributed by atoms with E-state index in [9.17, 15) is 0 Å². The minimum Gasteiger partial charge on any atom is -0.375 e. The Labute approximate surface area is 89.7 Å². The van der Waals surface area contributed by atoms with Crippen molar-refractivity contribution >= 4 is 23.2 Å². The van der Waals surface area contributed by atoms with Crippen LogP contribution >= 0.6 is 23.2 Å². The van der Waals surface area contributed by atoms with Gasteiger partial charge in [0.1, 0.15) is 4.33 Å². The fraction of sp³-hybridized carbons (Fsp3) is 1.00. The van der Waals surface area contributed by atoms with Gasteiger partial charge in [0.05, 0.1) is 12.2 Å². The Balaban J connectivity index is 1.98. The summed E-state index contributed by atoms with van der Waals surface area (Å²) in [7, 11) is 0. The molecule has 2 saturated carbocycles. The van der Waals surface area contributed by atoms with Gasteiger partial charge in [-0.1, -0.05) is 6.42 Å². The number of hydrogen-bond donors (Lipinski definition) is 0. The molecule has 1 nitrogen and oxygen atoms in total. The number of alkyl halides is 2. The molecule has 0 amide bonds. The normalized spacial score (nSPS) is 41.8. The van der Waals surface area contributed by atoms with Gasteiger partial charge >= 0.3 is 0 Å². The SMILES string of the molecule is CC(C)O[C@@H]1CCC[C@@H]2[C@H]1C2(Cl)Cl. The van der Waals surface area contributed by atoms with E-state index in [1.54, 1.807) is 0 Å². The van der Waals surface area contributed by atoms with E-state index in [0.717, 1.165) is 6.42 Å². The van der Waals surface area contributed by atoms with Gasteiger partial charge in [0, 0.05) is 11.8 Å². The van der Waals surface area contributed by atoms with Gasteiger partial charge in [0.25, 0.3) is 0 Å². The highest BCUT2D eigenvalue weighted by Gasteiger charge is 2.67. The molecule has 0 heterocycles. The minimum atomic E-state index is -0.476. The lowest BCUT2D eigenvalue weighted by molar-refractivity contribution is -0.0211. The zero-order valence-corrected chi connectivity index (χ0v) is 9.61. The summed E-state index contributed by atoms with van der Waals surface area (Å²) < 4.78 is 5.34. The Morgan fingerprint density at radius 1 is 1.31 bits per heavy atom. The van der Waals surface area contributed by atoms with Gasteiger partial charge < -0.3 is 4.74 Å². The van der Waals surface area contributed by atoms with Crippen molar-refractivity contribution in [2.75, 3.05) is 0 Å². The van der Waals surface area contributed by atoms with Crippen LogP contribution in [0.4, 0.5) is 0 Å². The average molecular weight is 223 g/mol. The topological polar surface area (TPSA) is 9.23 Å². The third-order valence-electron chi connectivity index (χ3n) is 3.11. The second-order valence-electron chi connectivity index (χ2n) is 4.46. The van der Waals surface area contributed by atoms with Gasteiger partial charge in [-0.2, -0.15) is 0 Å². The molecule has 2 rings (SSSR count). The molecule has 0 bridgehead atoms. The van der Waals surface area contributed by atoms with Gasteiger partial charge in [-0.25, -0.2) is 0 Å². The lowest BCUT2D eigenvalue weighted by atomic mass is 9.98. The van der Waals surface area contributed by atoms with Gasteiger partial charge in [0.15, 0.2) is 0 Å². The number of ether oxygens (including phenoxy) is 1. The monoisotopic (exact) mass is 222 g/mol. The molecule has 0 aromatic carbocycles. The summed E-state index contributed by atoms with van der Waals surface area (Å²) in [5.74, 6) is 0.889. The molecule has 0 aliphatic heterocycles. The highest BCUT2D eigenvalue weighted by Crippen LogP contribution is 2.65. The highest BCUT2D eigenvalue weighted by atomic mass is 35.5. The number of halogens is 2. The summed E-state index contributed by atoms with van der Waals surface area (Å²) in [5, 5.41) is 0. The predicted octanol–water partition coefficient (Wildman–Crippen LogP) is 3.38. The Hall–Kier alpha value is 0.540. The lowest BCUT2D eigenvalue weighted by Crippen LogP contribution is -2.24. The van der Waals surface area contributed by atoms with Crippen LogP contribution in [0.2, 0.25) is 0 Å². The molecule has 3 heteroatoms. The second kappa shape index (κ2) is 3.29. The average Bonchev–Trinajstić information content (AvgIpc) is 2.55. The van der Waals surface area contributed by atoms with Crippen LogP contribution in [0.1, 0.15) is 33.1 Å². The van der Waals surface area contributed by atoms with Crippen LogP contribution in [-0.2, 0) is 4.74 Å². The van der Waals surface area contributed by atoms with Crippen LogP contribution < -0.4 is 0 Å². The van der Waals surface area contributed by atoms with Gasteiger partial charge in [-0.3, -0.25) is 0 Å². The van der Waals surface area contributed by atoms with Crippen LogP contribution in [0.5, 0.6) is 0 Å². The molecule has 76 valence electrons. The number of hydrogen-bond acceptors (Lipinski definition) is 1. The van der Waals surface area contributed by atoms with E-state index < -0.39 is 4.33 Å². The maximum absolute atomic E-state index is 6.18. The third-order valence-corrected chi connectivity index (χ3v) is 4.18. The van der Waals surface area contributed by atoms with E-state index in [1.807, 2.05) is 0 Å². The van der Waals surface area contributed by atoms with Crippen LogP contribution in [0, 0.1) is 11.8 Å². The smallest absolute Gasteiger partial charge is 0.127 e. The van der Waals surface area contributed by atoms with E-state index in [2.05, 4.69) is 13.8 Å². The molecule has 0 N–H and O–H groups in total. The fourth-order valence-electron chi connectivity index (χ4n) is 2.52. The summed E-state index contributed by atoms with van der Waals surface area (Å²) >= 11 is 12.4. The summed E-state index contributed by atoms with van der Waals surface area (Å²) in [4.78, 5) is 0. The van der Waals surface area contributed by atoms with Gasteiger partial charge in [-0.15, -0.1) is 23.2 Å². The lowest BCUT2D eigenvalue weighted by Gasteiger charge is -2.23. The van der Waals surface area contributed by atoms with Gasteiger partial charge in [0.2, 0.25) is 0 Å². The Morgan fingerprint density at radius 2 is 2.00 bits per heavy atom. The van der Waals surface area contributed by atoms with Crippen molar-refractivity contribution < 1.29 is 4.74 Å². The van der Waals surface area contributed by atoms with E-state index >= 15 is 0 Å². The summed E-state index contributed by atoms with van der Waals surface area (Å²) in [6, 6.07) is 0. The molecule has 13 heavy (non-hydrogen) atoms. The largest absolute Gasteiger partial charge is 0.375 e. The summed E-state index contributed by atoms with van der Waals surface area (Å²) in [6.45, 7) is 4.13. The maximum atomic E-state index is 6.18. The quantitative estimate of drug-likeness (QED) is 0.652. The van der Waals surface area contributed by atoms with Crippen molar-refractivity contribution in [3.05, 3.63) is 0 Å². The summed E-state index contributed by atoms with van der Waals surface area (Å²) in [6.07, 6.45) is 4.10. The molecule has 0 saturated heterocycles. The highest BCUT2D eigenvalue weighted by molar-refractivity contribution is 6.51. The van der Waals surface area contributed by atoms with Crippen molar-refractivity contribution in [2.24, 2.45) is 11.8 Å². The van der Waals surface area contributed by atoms with Crippen LogP contribution in [0.3, 0.4) is 0 Å². The first-order valence-electron chi connectivity index (χ1n) is 5.06. The second-order valence-corrected chi connectivity index (χ2v) is 5.91. The molecule has 2 aliphatic carbocycles. The van der Waals surface area contributed by atoms with E-state index in [0.29, 0.717) is 17.9 Å². The van der Waals surface area contributed by atoms with Crippen molar-refractivity contribution in [1.82, 2.24) is 0 Å². The molecule has 2 aliphatic rings. The molecule has 0 aromatic heterocycles. The fourth-order valence-corrected chi connectivity index (χ4v) is 3.47. The van der Waals surface area contributed by atoms with E-state index in [4.69, 9.17) is 27.9 Å². The molecular formula is C10H16Cl2O. The third kappa shape index (κ3) is 1.71. The van der Waals surface area contributed by atoms with E-state index in [-0.39, 0.29) is 6.10 Å². The molecule has 0 unspecified atom stereocenters. The molecule has 2 fully saturated rings. The zero-order valence-electron chi connectivity index (χ0n) is 8.09. The van der Waals surface area contributed by atoms with Crippen LogP contribution in [-0.4, -0.2) is 16.5 Å². The molecule has 0 spiro atoms.